The van der Waals surface area contributed by atoms with Gasteiger partial charge in [-0.3, -0.25) is 9.48 Å². The summed E-state index contributed by atoms with van der Waals surface area (Å²) < 4.78 is 34.1. The zero-order valence-electron chi connectivity index (χ0n) is 13.4. The molecule has 9 heteroatoms. The van der Waals surface area contributed by atoms with Crippen molar-refractivity contribution in [2.45, 2.75) is 31.9 Å². The highest BCUT2D eigenvalue weighted by Gasteiger charge is 2.49. The number of sulfonamides is 1. The number of carboxylic acids is 1. The van der Waals surface area contributed by atoms with Crippen molar-refractivity contribution in [2.75, 3.05) is 19.7 Å². The van der Waals surface area contributed by atoms with E-state index in [4.69, 9.17) is 4.74 Å². The van der Waals surface area contributed by atoms with Gasteiger partial charge in [0.2, 0.25) is 0 Å². The second-order valence-corrected chi connectivity index (χ2v) is 8.69. The molecule has 1 N–H and O–H groups in total. The monoisotopic (exact) mass is 343 g/mol. The molecule has 0 spiro atoms. The Morgan fingerprint density at radius 1 is 1.43 bits per heavy atom. The molecule has 3 heterocycles. The van der Waals surface area contributed by atoms with Crippen molar-refractivity contribution in [1.29, 1.82) is 0 Å². The fourth-order valence-corrected chi connectivity index (χ4v) is 5.37. The Hall–Kier alpha value is -1.45. The molecule has 1 aromatic rings. The first-order valence-electron chi connectivity index (χ1n) is 7.50. The molecule has 2 aliphatic heterocycles. The zero-order valence-corrected chi connectivity index (χ0v) is 14.3. The van der Waals surface area contributed by atoms with E-state index < -0.39 is 27.3 Å². The van der Waals surface area contributed by atoms with E-state index in [1.807, 2.05) is 0 Å². The van der Waals surface area contributed by atoms with Gasteiger partial charge in [0.1, 0.15) is 0 Å². The number of hydrogen-bond acceptors (Lipinski definition) is 5. The molecule has 128 valence electrons. The molecule has 1 atom stereocenters. The SMILES string of the molecule is Cn1nc2c(c1S(=O)(=O)N1CC(C(=O)O)C(C)(C)C1)COCC2. The highest BCUT2D eigenvalue weighted by Crippen LogP contribution is 2.39. The maximum absolute atomic E-state index is 13.1. The number of aryl methyl sites for hydroxylation is 1. The predicted octanol–water partition coefficient (Wildman–Crippen LogP) is 0.224. The number of aliphatic carboxylic acids is 1. The summed E-state index contributed by atoms with van der Waals surface area (Å²) in [7, 11) is -2.22. The van der Waals surface area contributed by atoms with Gasteiger partial charge < -0.3 is 9.84 Å². The summed E-state index contributed by atoms with van der Waals surface area (Å²) in [5.41, 5.74) is 0.717. The fraction of sp³-hybridized carbons (Fsp3) is 0.714. The summed E-state index contributed by atoms with van der Waals surface area (Å²) in [4.78, 5) is 11.4. The van der Waals surface area contributed by atoms with E-state index in [-0.39, 0.29) is 24.7 Å². The van der Waals surface area contributed by atoms with Crippen LogP contribution < -0.4 is 0 Å². The van der Waals surface area contributed by atoms with Crippen molar-refractivity contribution < 1.29 is 23.1 Å². The van der Waals surface area contributed by atoms with Crippen LogP contribution in [0, 0.1) is 11.3 Å². The van der Waals surface area contributed by atoms with Crippen molar-refractivity contribution >= 4 is 16.0 Å². The molecule has 0 bridgehead atoms. The van der Waals surface area contributed by atoms with Gasteiger partial charge in [0.05, 0.1) is 24.8 Å². The Balaban J connectivity index is 2.01. The van der Waals surface area contributed by atoms with Gasteiger partial charge in [-0.05, 0) is 5.41 Å². The lowest BCUT2D eigenvalue weighted by molar-refractivity contribution is -0.143. The van der Waals surface area contributed by atoms with Crippen molar-refractivity contribution in [1.82, 2.24) is 14.1 Å². The molecule has 1 saturated heterocycles. The number of fused-ring (bicyclic) bond motifs is 1. The maximum atomic E-state index is 13.1. The van der Waals surface area contributed by atoms with E-state index in [2.05, 4.69) is 5.10 Å². The normalized spacial score (nSPS) is 24.6. The van der Waals surface area contributed by atoms with E-state index in [0.717, 1.165) is 5.69 Å². The quantitative estimate of drug-likeness (QED) is 0.843. The summed E-state index contributed by atoms with van der Waals surface area (Å²) in [6.45, 7) is 4.46. The van der Waals surface area contributed by atoms with Gasteiger partial charge >= 0.3 is 5.97 Å². The lowest BCUT2D eigenvalue weighted by atomic mass is 9.82. The lowest BCUT2D eigenvalue weighted by Gasteiger charge is -2.22. The number of carboxylic acid groups (broad SMARTS) is 1. The minimum atomic E-state index is -3.81. The van der Waals surface area contributed by atoms with Crippen molar-refractivity contribution in [3.8, 4) is 0 Å². The molecule has 1 fully saturated rings. The molecule has 0 aliphatic carbocycles. The third-order valence-electron chi connectivity index (χ3n) is 4.70. The van der Waals surface area contributed by atoms with Crippen LogP contribution in [0.2, 0.25) is 0 Å². The Labute approximate surface area is 135 Å². The Morgan fingerprint density at radius 3 is 2.74 bits per heavy atom. The molecule has 1 unspecified atom stereocenters. The fourth-order valence-electron chi connectivity index (χ4n) is 3.41. The van der Waals surface area contributed by atoms with E-state index in [1.165, 1.54) is 8.99 Å². The molecule has 3 rings (SSSR count). The number of aromatic nitrogens is 2. The van der Waals surface area contributed by atoms with Crippen LogP contribution in [0.3, 0.4) is 0 Å². The third kappa shape index (κ3) is 2.56. The molecular formula is C14H21N3O5S. The minimum Gasteiger partial charge on any atom is -0.481 e. The van der Waals surface area contributed by atoms with E-state index in [1.54, 1.807) is 20.9 Å². The summed E-state index contributed by atoms with van der Waals surface area (Å²) >= 11 is 0. The first-order chi connectivity index (χ1) is 10.6. The first kappa shape index (κ1) is 16.4. The molecule has 0 aromatic carbocycles. The predicted molar refractivity (Wildman–Crippen MR) is 80.2 cm³/mol. The molecule has 1 aromatic heterocycles. The van der Waals surface area contributed by atoms with Crippen LogP contribution >= 0.6 is 0 Å². The highest BCUT2D eigenvalue weighted by atomic mass is 32.2. The van der Waals surface area contributed by atoms with Gasteiger partial charge in [0.25, 0.3) is 10.0 Å². The second kappa shape index (κ2) is 5.29. The maximum Gasteiger partial charge on any atom is 0.308 e. The number of ether oxygens (including phenoxy) is 1. The van der Waals surface area contributed by atoms with Crippen LogP contribution in [0.5, 0.6) is 0 Å². The van der Waals surface area contributed by atoms with Crippen molar-refractivity contribution in [3.05, 3.63) is 11.3 Å². The number of hydrogen-bond donors (Lipinski definition) is 1. The van der Waals surface area contributed by atoms with Crippen LogP contribution in [0.1, 0.15) is 25.1 Å². The van der Waals surface area contributed by atoms with Gasteiger partial charge in [0.15, 0.2) is 5.03 Å². The number of carbonyl (C=O) groups is 1. The van der Waals surface area contributed by atoms with Crippen LogP contribution in [0.15, 0.2) is 5.03 Å². The molecule has 23 heavy (non-hydrogen) atoms. The topological polar surface area (TPSA) is 102 Å². The summed E-state index contributed by atoms with van der Waals surface area (Å²) in [6, 6.07) is 0. The first-order valence-corrected chi connectivity index (χ1v) is 8.94. The van der Waals surface area contributed by atoms with Crippen molar-refractivity contribution in [3.63, 3.8) is 0 Å². The molecule has 2 aliphatic rings. The van der Waals surface area contributed by atoms with Gasteiger partial charge in [-0.15, -0.1) is 0 Å². The van der Waals surface area contributed by atoms with Gasteiger partial charge in [0, 0.05) is 32.1 Å². The van der Waals surface area contributed by atoms with Gasteiger partial charge in [-0.1, -0.05) is 13.8 Å². The minimum absolute atomic E-state index is 0.0223. The third-order valence-corrected chi connectivity index (χ3v) is 6.65. The smallest absolute Gasteiger partial charge is 0.308 e. The summed E-state index contributed by atoms with van der Waals surface area (Å²) in [6.07, 6.45) is 0.585. The number of rotatable bonds is 3. The van der Waals surface area contributed by atoms with E-state index in [0.29, 0.717) is 18.6 Å². The van der Waals surface area contributed by atoms with Crippen LogP contribution in [0.25, 0.3) is 0 Å². The summed E-state index contributed by atoms with van der Waals surface area (Å²) in [5, 5.41) is 13.8. The largest absolute Gasteiger partial charge is 0.481 e. The van der Waals surface area contributed by atoms with Crippen LogP contribution in [-0.2, 0) is 39.6 Å². The van der Waals surface area contributed by atoms with Crippen molar-refractivity contribution in [2.24, 2.45) is 18.4 Å². The Morgan fingerprint density at radius 2 is 2.13 bits per heavy atom. The molecule has 0 amide bonds. The van der Waals surface area contributed by atoms with Gasteiger partial charge in [-0.2, -0.15) is 9.40 Å². The molecule has 8 nitrogen and oxygen atoms in total. The standard InChI is InChI=1S/C14H21N3O5S/c1-14(2)8-17(6-10(14)13(18)19)23(20,21)12-9-7-22-5-4-11(9)15-16(12)3/h10H,4-8H2,1-3H3,(H,18,19). The highest BCUT2D eigenvalue weighted by molar-refractivity contribution is 7.89. The van der Waals surface area contributed by atoms with E-state index >= 15 is 0 Å². The van der Waals surface area contributed by atoms with Crippen LogP contribution in [-0.4, -0.2) is 53.3 Å². The van der Waals surface area contributed by atoms with Gasteiger partial charge in [-0.25, -0.2) is 8.42 Å². The molecule has 0 saturated carbocycles. The Kier molecular flexibility index (Phi) is 3.77. The average Bonchev–Trinajstić information content (AvgIpc) is 2.94. The second-order valence-electron chi connectivity index (χ2n) is 6.83. The Bertz CT molecular complexity index is 753. The van der Waals surface area contributed by atoms with Crippen LogP contribution in [0.4, 0.5) is 0 Å². The van der Waals surface area contributed by atoms with E-state index in [9.17, 15) is 18.3 Å². The average molecular weight is 343 g/mol. The zero-order chi connectivity index (χ0) is 17.0. The lowest BCUT2D eigenvalue weighted by Crippen LogP contribution is -2.32. The molecule has 0 radical (unpaired) electrons. The number of nitrogens with zero attached hydrogens (tertiary/aromatic N) is 3. The summed E-state index contributed by atoms with van der Waals surface area (Å²) in [5.74, 6) is -1.69. The molecular weight excluding hydrogens is 322 g/mol.